The van der Waals surface area contributed by atoms with E-state index in [0.29, 0.717) is 11.1 Å². The molecular weight excluding hydrogens is 384 g/mol. The van der Waals surface area contributed by atoms with Crippen molar-refractivity contribution in [3.8, 4) is 0 Å². The molecule has 0 saturated carbocycles. The van der Waals surface area contributed by atoms with E-state index in [2.05, 4.69) is 66.8 Å². The number of aromatic nitrogens is 1. The second-order valence-electron chi connectivity index (χ2n) is 7.36. The highest BCUT2D eigenvalue weighted by Gasteiger charge is 2.25. The molecule has 3 heterocycles. The molecule has 2 aromatic rings. The molecule has 6 nitrogen and oxygen atoms in total. The van der Waals surface area contributed by atoms with E-state index in [0.717, 1.165) is 50.9 Å². The highest BCUT2D eigenvalue weighted by Crippen LogP contribution is 2.25. The molecule has 0 aliphatic carbocycles. The van der Waals surface area contributed by atoms with E-state index in [9.17, 15) is 0 Å². The van der Waals surface area contributed by atoms with Gasteiger partial charge in [-0.05, 0) is 36.2 Å². The molecule has 0 bridgehead atoms. The van der Waals surface area contributed by atoms with Gasteiger partial charge < -0.3 is 20.4 Å². The van der Waals surface area contributed by atoms with Crippen LogP contribution in [-0.4, -0.2) is 50.2 Å². The highest BCUT2D eigenvalue weighted by molar-refractivity contribution is 6.32. The van der Waals surface area contributed by atoms with E-state index in [4.69, 9.17) is 11.6 Å². The first-order valence-corrected chi connectivity index (χ1v) is 10.4. The molecule has 2 aliphatic heterocycles. The maximum Gasteiger partial charge on any atom is 0.191 e. The molecule has 0 radical (unpaired) electrons. The van der Waals surface area contributed by atoms with Crippen LogP contribution in [0.25, 0.3) is 0 Å². The summed E-state index contributed by atoms with van der Waals surface area (Å²) in [6.07, 6.45) is 7.22. The Hall–Kier alpha value is -2.73. The van der Waals surface area contributed by atoms with Crippen molar-refractivity contribution >= 4 is 29.1 Å². The lowest BCUT2D eigenvalue weighted by atomic mass is 10.2. The summed E-state index contributed by atoms with van der Waals surface area (Å²) in [6, 6.07) is 12.7. The fraction of sp³-hybridized carbons (Fsp3) is 0.364. The number of guanidine groups is 1. The second kappa shape index (κ2) is 9.18. The number of benzene rings is 1. The van der Waals surface area contributed by atoms with Gasteiger partial charge in [-0.2, -0.15) is 0 Å². The Bertz CT molecular complexity index is 888. The summed E-state index contributed by atoms with van der Waals surface area (Å²) in [5.41, 5.74) is 2.50. The topological polar surface area (TPSA) is 55.8 Å². The Kier molecular flexibility index (Phi) is 6.20. The lowest BCUT2D eigenvalue weighted by Crippen LogP contribution is -2.44. The molecule has 4 rings (SSSR count). The minimum Gasteiger partial charge on any atom is -0.364 e. The van der Waals surface area contributed by atoms with Crippen molar-refractivity contribution in [1.29, 1.82) is 0 Å². The Balaban J connectivity index is 1.30. The molecule has 2 N–H and O–H groups in total. The third kappa shape index (κ3) is 4.82. The van der Waals surface area contributed by atoms with Crippen LogP contribution in [0.15, 0.2) is 59.7 Å². The van der Waals surface area contributed by atoms with Gasteiger partial charge >= 0.3 is 0 Å². The van der Waals surface area contributed by atoms with Gasteiger partial charge in [0.25, 0.3) is 0 Å². The van der Waals surface area contributed by atoms with Crippen LogP contribution < -0.4 is 20.4 Å². The summed E-state index contributed by atoms with van der Waals surface area (Å²) >= 11 is 6.29. The van der Waals surface area contributed by atoms with Crippen LogP contribution in [-0.2, 0) is 6.54 Å². The van der Waals surface area contributed by atoms with E-state index >= 15 is 0 Å². The molecule has 1 saturated heterocycles. The summed E-state index contributed by atoms with van der Waals surface area (Å²) in [5.74, 6) is 1.67. The van der Waals surface area contributed by atoms with Crippen molar-refractivity contribution in [1.82, 2.24) is 15.6 Å². The molecule has 1 fully saturated rings. The fourth-order valence-corrected chi connectivity index (χ4v) is 4.05. The van der Waals surface area contributed by atoms with Crippen LogP contribution >= 0.6 is 11.6 Å². The number of nitrogens with one attached hydrogen (secondary N) is 2. The smallest absolute Gasteiger partial charge is 0.191 e. The standard InChI is InChI=1S/C22H27ClN6/c1-24-22(26-15-17-6-4-7-19(14-17)28-11-2-3-12-28)27-18-9-13-29(16-18)21-20(23)8-5-10-25-21/h2-8,10,14,18H,9,11-13,15-16H2,1H3,(H2,24,26,27). The van der Waals surface area contributed by atoms with Crippen LogP contribution in [0, 0.1) is 0 Å². The molecule has 152 valence electrons. The summed E-state index contributed by atoms with van der Waals surface area (Å²) < 4.78 is 0. The van der Waals surface area contributed by atoms with Gasteiger partial charge in [-0.3, -0.25) is 4.99 Å². The summed E-state index contributed by atoms with van der Waals surface area (Å²) in [7, 11) is 1.81. The van der Waals surface area contributed by atoms with E-state index in [1.54, 1.807) is 6.20 Å². The maximum atomic E-state index is 6.29. The first-order chi connectivity index (χ1) is 14.2. The number of nitrogens with zero attached hydrogens (tertiary/aromatic N) is 4. The van der Waals surface area contributed by atoms with Gasteiger partial charge in [0.1, 0.15) is 5.82 Å². The molecular formula is C22H27ClN6. The Labute approximate surface area is 177 Å². The Morgan fingerprint density at radius 1 is 1.21 bits per heavy atom. The summed E-state index contributed by atoms with van der Waals surface area (Å²) in [4.78, 5) is 13.4. The average Bonchev–Trinajstić information content (AvgIpc) is 3.44. The molecule has 1 atom stereocenters. The maximum absolute atomic E-state index is 6.29. The zero-order valence-corrected chi connectivity index (χ0v) is 17.4. The minimum absolute atomic E-state index is 0.307. The minimum atomic E-state index is 0.307. The number of pyridine rings is 1. The molecule has 0 amide bonds. The van der Waals surface area contributed by atoms with Gasteiger partial charge in [0.15, 0.2) is 5.96 Å². The number of halogens is 1. The molecule has 0 spiro atoms. The molecule has 1 aromatic carbocycles. The van der Waals surface area contributed by atoms with Crippen molar-refractivity contribution in [2.24, 2.45) is 4.99 Å². The summed E-state index contributed by atoms with van der Waals surface area (Å²) in [5, 5.41) is 7.67. The van der Waals surface area contributed by atoms with Crippen molar-refractivity contribution < 1.29 is 0 Å². The third-order valence-corrected chi connectivity index (χ3v) is 5.64. The van der Waals surface area contributed by atoms with E-state index in [1.165, 1.54) is 11.3 Å². The monoisotopic (exact) mass is 410 g/mol. The number of aliphatic imine (C=N–C) groups is 1. The van der Waals surface area contributed by atoms with Gasteiger partial charge in [-0.15, -0.1) is 0 Å². The molecule has 1 unspecified atom stereocenters. The highest BCUT2D eigenvalue weighted by atomic mass is 35.5. The van der Waals surface area contributed by atoms with Crippen molar-refractivity contribution in [3.63, 3.8) is 0 Å². The van der Waals surface area contributed by atoms with Crippen molar-refractivity contribution in [2.45, 2.75) is 19.0 Å². The third-order valence-electron chi connectivity index (χ3n) is 5.35. The lowest BCUT2D eigenvalue weighted by Gasteiger charge is -2.21. The van der Waals surface area contributed by atoms with Gasteiger partial charge in [-0.25, -0.2) is 4.98 Å². The Morgan fingerprint density at radius 2 is 2.07 bits per heavy atom. The van der Waals surface area contributed by atoms with Crippen LogP contribution in [0.1, 0.15) is 12.0 Å². The molecule has 2 aliphatic rings. The van der Waals surface area contributed by atoms with Gasteiger partial charge in [0.2, 0.25) is 0 Å². The van der Waals surface area contributed by atoms with E-state index < -0.39 is 0 Å². The lowest BCUT2D eigenvalue weighted by molar-refractivity contribution is 0.648. The van der Waals surface area contributed by atoms with Crippen LogP contribution in [0.4, 0.5) is 11.5 Å². The van der Waals surface area contributed by atoms with Crippen LogP contribution in [0.3, 0.4) is 0 Å². The first-order valence-electron chi connectivity index (χ1n) is 10.0. The van der Waals surface area contributed by atoms with Gasteiger partial charge in [0, 0.05) is 57.7 Å². The first kappa shape index (κ1) is 19.6. The van der Waals surface area contributed by atoms with Gasteiger partial charge in [-0.1, -0.05) is 35.9 Å². The molecule has 7 heteroatoms. The largest absolute Gasteiger partial charge is 0.364 e. The normalized spacial score (nSPS) is 19.1. The molecule has 1 aromatic heterocycles. The number of anilines is 2. The molecule has 29 heavy (non-hydrogen) atoms. The predicted molar refractivity (Wildman–Crippen MR) is 121 cm³/mol. The van der Waals surface area contributed by atoms with Crippen LogP contribution in [0.2, 0.25) is 5.02 Å². The fourth-order valence-electron chi connectivity index (χ4n) is 3.81. The quantitative estimate of drug-likeness (QED) is 0.450. The number of rotatable bonds is 5. The zero-order chi connectivity index (χ0) is 20.1. The van der Waals surface area contributed by atoms with Crippen molar-refractivity contribution in [3.05, 3.63) is 65.3 Å². The van der Waals surface area contributed by atoms with E-state index in [1.807, 2.05) is 19.2 Å². The zero-order valence-electron chi connectivity index (χ0n) is 16.7. The second-order valence-corrected chi connectivity index (χ2v) is 7.76. The number of hydrogen-bond acceptors (Lipinski definition) is 4. The SMILES string of the molecule is CN=C(NCc1cccc(N2CC=CC2)c1)NC1CCN(c2ncccc2Cl)C1. The van der Waals surface area contributed by atoms with Crippen LogP contribution in [0.5, 0.6) is 0 Å². The number of hydrogen-bond donors (Lipinski definition) is 2. The average molecular weight is 411 g/mol. The summed E-state index contributed by atoms with van der Waals surface area (Å²) in [6.45, 7) is 4.49. The van der Waals surface area contributed by atoms with Gasteiger partial charge in [0.05, 0.1) is 5.02 Å². The van der Waals surface area contributed by atoms with E-state index in [-0.39, 0.29) is 0 Å². The van der Waals surface area contributed by atoms with Crippen molar-refractivity contribution in [2.75, 3.05) is 43.0 Å². The predicted octanol–water partition coefficient (Wildman–Crippen LogP) is 3.06. The Morgan fingerprint density at radius 3 is 2.86 bits per heavy atom.